The van der Waals surface area contributed by atoms with E-state index in [0.29, 0.717) is 20.6 Å². The van der Waals surface area contributed by atoms with Crippen molar-refractivity contribution in [2.45, 2.75) is 64.1 Å². The topological polar surface area (TPSA) is 86.8 Å². The maximum atomic E-state index is 14.1. The predicted octanol–water partition coefficient (Wildman–Crippen LogP) is 6.87. The number of carbonyl (C=O) groups excluding carboxylic acids is 2. The molecule has 1 atom stereocenters. The molecule has 0 aliphatic heterocycles. The van der Waals surface area contributed by atoms with Gasteiger partial charge in [0.15, 0.2) is 0 Å². The Balaban J connectivity index is 2.10. The molecule has 0 aliphatic carbocycles. The molecule has 0 saturated carbocycles. The first-order valence-corrected chi connectivity index (χ1v) is 15.6. The number of carbonyl (C=O) groups is 2. The molecule has 0 bridgehead atoms. The van der Waals surface area contributed by atoms with E-state index in [1.54, 1.807) is 62.4 Å². The molecule has 11 heteroatoms. The first kappa shape index (κ1) is 32.7. The fourth-order valence-electron chi connectivity index (χ4n) is 4.19. The van der Waals surface area contributed by atoms with Crippen LogP contribution < -0.4 is 9.62 Å². The number of nitrogens with zero attached hydrogens (tertiary/aromatic N) is 2. The lowest BCUT2D eigenvalue weighted by atomic mass is 10.1. The molecule has 0 fully saturated rings. The summed E-state index contributed by atoms with van der Waals surface area (Å²) in [6.45, 7) is 8.55. The summed E-state index contributed by atoms with van der Waals surface area (Å²) in [6, 6.07) is 16.7. The van der Waals surface area contributed by atoms with E-state index in [0.717, 1.165) is 9.87 Å². The van der Waals surface area contributed by atoms with Crippen LogP contribution in [0.25, 0.3) is 0 Å². The van der Waals surface area contributed by atoms with E-state index >= 15 is 0 Å². The normalized spacial score (nSPS) is 12.5. The van der Waals surface area contributed by atoms with E-state index < -0.39 is 34.1 Å². The summed E-state index contributed by atoms with van der Waals surface area (Å²) in [4.78, 5) is 28.9. The van der Waals surface area contributed by atoms with Crippen LogP contribution in [0.1, 0.15) is 45.2 Å². The lowest BCUT2D eigenvalue weighted by Crippen LogP contribution is -2.55. The zero-order chi connectivity index (χ0) is 30.5. The number of aryl methyl sites for hydroxylation is 1. The second-order valence-electron chi connectivity index (χ2n) is 10.7. The smallest absolute Gasteiger partial charge is 0.264 e. The molecule has 7 nitrogen and oxygen atoms in total. The standard InChI is InChI=1S/C30H34Cl3N3O4S/c1-6-27(29(38)34-30(3,4)5)35(18-21-13-15-24(31)26(33)16-21)28(37)19-36(22-14-12-20(2)25(32)17-22)41(39,40)23-10-8-7-9-11-23/h7-17,27H,6,18-19H2,1-5H3,(H,34,38)/t27-/m0/s1. The van der Waals surface area contributed by atoms with Gasteiger partial charge in [0.2, 0.25) is 11.8 Å². The van der Waals surface area contributed by atoms with Crippen molar-refractivity contribution in [1.29, 1.82) is 0 Å². The highest BCUT2D eigenvalue weighted by Crippen LogP contribution is 2.29. The summed E-state index contributed by atoms with van der Waals surface area (Å²) in [7, 11) is -4.19. The molecule has 0 aromatic heterocycles. The summed E-state index contributed by atoms with van der Waals surface area (Å²) in [6.07, 6.45) is 0.288. The Bertz CT molecular complexity index is 1510. The molecule has 3 rings (SSSR count). The predicted molar refractivity (Wildman–Crippen MR) is 166 cm³/mol. The maximum Gasteiger partial charge on any atom is 0.264 e. The van der Waals surface area contributed by atoms with Crippen LogP contribution in [0.3, 0.4) is 0 Å². The monoisotopic (exact) mass is 637 g/mol. The minimum absolute atomic E-state index is 0.000327. The molecule has 220 valence electrons. The SMILES string of the molecule is CC[C@@H](C(=O)NC(C)(C)C)N(Cc1ccc(Cl)c(Cl)c1)C(=O)CN(c1ccc(C)c(Cl)c1)S(=O)(=O)c1ccccc1. The first-order valence-electron chi connectivity index (χ1n) is 13.0. The minimum atomic E-state index is -4.19. The molecule has 0 saturated heterocycles. The quantitative estimate of drug-likeness (QED) is 0.263. The molecule has 3 aromatic carbocycles. The number of halogens is 3. The Hall–Kier alpha value is -2.78. The zero-order valence-corrected chi connectivity index (χ0v) is 26.7. The van der Waals surface area contributed by atoms with E-state index in [1.165, 1.54) is 23.1 Å². The number of sulfonamides is 1. The summed E-state index contributed by atoms with van der Waals surface area (Å²) in [5, 5.41) is 3.94. The molecule has 0 unspecified atom stereocenters. The van der Waals surface area contributed by atoms with Crippen LogP contribution in [-0.4, -0.2) is 43.3 Å². The van der Waals surface area contributed by atoms with Crippen molar-refractivity contribution in [3.63, 3.8) is 0 Å². The molecule has 0 radical (unpaired) electrons. The van der Waals surface area contributed by atoms with Crippen molar-refractivity contribution in [2.75, 3.05) is 10.8 Å². The van der Waals surface area contributed by atoms with Crippen LogP contribution in [0.2, 0.25) is 15.1 Å². The fraction of sp³-hybridized carbons (Fsp3) is 0.333. The average molecular weight is 639 g/mol. The molecule has 0 heterocycles. The van der Waals surface area contributed by atoms with Gasteiger partial charge in [0.1, 0.15) is 12.6 Å². The van der Waals surface area contributed by atoms with Gasteiger partial charge < -0.3 is 10.2 Å². The van der Waals surface area contributed by atoms with Gasteiger partial charge in [0, 0.05) is 17.1 Å². The van der Waals surface area contributed by atoms with Crippen LogP contribution in [0.15, 0.2) is 71.6 Å². The van der Waals surface area contributed by atoms with E-state index in [9.17, 15) is 18.0 Å². The average Bonchev–Trinajstić information content (AvgIpc) is 2.90. The van der Waals surface area contributed by atoms with Crippen molar-refractivity contribution >= 4 is 62.3 Å². The van der Waals surface area contributed by atoms with Gasteiger partial charge in [0.05, 0.1) is 20.6 Å². The molecular formula is C30H34Cl3N3O4S. The summed E-state index contributed by atoms with van der Waals surface area (Å²) in [5.74, 6) is -0.938. The second-order valence-corrected chi connectivity index (χ2v) is 13.8. The van der Waals surface area contributed by atoms with E-state index in [1.807, 2.05) is 20.8 Å². The van der Waals surface area contributed by atoms with Gasteiger partial charge in [-0.25, -0.2) is 8.42 Å². The number of nitrogens with one attached hydrogen (secondary N) is 1. The number of hydrogen-bond acceptors (Lipinski definition) is 4. The van der Waals surface area contributed by atoms with Crippen LogP contribution in [0, 0.1) is 6.92 Å². The van der Waals surface area contributed by atoms with E-state index in [2.05, 4.69) is 5.32 Å². The van der Waals surface area contributed by atoms with Gasteiger partial charge in [-0.15, -0.1) is 0 Å². The van der Waals surface area contributed by atoms with E-state index in [-0.39, 0.29) is 29.5 Å². The molecule has 0 aliphatic rings. The van der Waals surface area contributed by atoms with Gasteiger partial charge in [-0.2, -0.15) is 0 Å². The van der Waals surface area contributed by atoms with Gasteiger partial charge in [0.25, 0.3) is 10.0 Å². The Labute approximate surface area is 257 Å². The van der Waals surface area contributed by atoms with Crippen molar-refractivity contribution in [2.24, 2.45) is 0 Å². The number of rotatable bonds is 10. The Morgan fingerprint density at radius 2 is 1.56 bits per heavy atom. The Morgan fingerprint density at radius 3 is 2.12 bits per heavy atom. The van der Waals surface area contributed by atoms with Crippen LogP contribution in [0.5, 0.6) is 0 Å². The highest BCUT2D eigenvalue weighted by Gasteiger charge is 2.34. The lowest BCUT2D eigenvalue weighted by molar-refractivity contribution is -0.141. The van der Waals surface area contributed by atoms with Gasteiger partial charge in [-0.1, -0.05) is 72.1 Å². The molecule has 2 amide bonds. The maximum absolute atomic E-state index is 14.1. The third-order valence-electron chi connectivity index (χ3n) is 6.27. The Kier molecular flexibility index (Phi) is 10.7. The summed E-state index contributed by atoms with van der Waals surface area (Å²) >= 11 is 18.7. The van der Waals surface area contributed by atoms with E-state index in [4.69, 9.17) is 34.8 Å². The largest absolute Gasteiger partial charge is 0.350 e. The van der Waals surface area contributed by atoms with Crippen LogP contribution in [-0.2, 0) is 26.2 Å². The molecule has 1 N–H and O–H groups in total. The highest BCUT2D eigenvalue weighted by atomic mass is 35.5. The van der Waals surface area contributed by atoms with Crippen molar-refractivity contribution in [3.8, 4) is 0 Å². The van der Waals surface area contributed by atoms with Gasteiger partial charge in [-0.3, -0.25) is 13.9 Å². The van der Waals surface area contributed by atoms with Crippen molar-refractivity contribution < 1.29 is 18.0 Å². The molecule has 0 spiro atoms. The third kappa shape index (κ3) is 8.38. The second kappa shape index (κ2) is 13.5. The zero-order valence-electron chi connectivity index (χ0n) is 23.6. The first-order chi connectivity index (χ1) is 19.1. The lowest BCUT2D eigenvalue weighted by Gasteiger charge is -2.35. The Morgan fingerprint density at radius 1 is 0.902 bits per heavy atom. The number of amides is 2. The van der Waals surface area contributed by atoms with Crippen molar-refractivity contribution in [3.05, 3.63) is 92.9 Å². The molecule has 3 aromatic rings. The minimum Gasteiger partial charge on any atom is -0.350 e. The van der Waals surface area contributed by atoms with Crippen molar-refractivity contribution in [1.82, 2.24) is 10.2 Å². The number of anilines is 1. The number of benzene rings is 3. The molecular weight excluding hydrogens is 605 g/mol. The summed E-state index contributed by atoms with van der Waals surface area (Å²) in [5.41, 5.74) is 1.06. The van der Waals surface area contributed by atoms with Gasteiger partial charge in [-0.05, 0) is 81.6 Å². The summed E-state index contributed by atoms with van der Waals surface area (Å²) < 4.78 is 28.8. The highest BCUT2D eigenvalue weighted by molar-refractivity contribution is 7.92. The third-order valence-corrected chi connectivity index (χ3v) is 9.21. The van der Waals surface area contributed by atoms with Gasteiger partial charge >= 0.3 is 0 Å². The fourth-order valence-corrected chi connectivity index (χ4v) is 6.11. The van der Waals surface area contributed by atoms with Crippen LogP contribution >= 0.6 is 34.8 Å². The number of hydrogen-bond donors (Lipinski definition) is 1. The molecule has 41 heavy (non-hydrogen) atoms. The van der Waals surface area contributed by atoms with Crippen LogP contribution in [0.4, 0.5) is 5.69 Å².